The van der Waals surface area contributed by atoms with Crippen molar-refractivity contribution in [3.63, 3.8) is 0 Å². The van der Waals surface area contributed by atoms with Crippen LogP contribution >= 0.6 is 12.2 Å². The third-order valence-corrected chi connectivity index (χ3v) is 2.93. The topological polar surface area (TPSA) is 57.4 Å². The van der Waals surface area contributed by atoms with Gasteiger partial charge in [-0.2, -0.15) is 0 Å². The van der Waals surface area contributed by atoms with Crippen molar-refractivity contribution in [2.45, 2.75) is 13.0 Å². The molecule has 1 fully saturated rings. The van der Waals surface area contributed by atoms with Crippen molar-refractivity contribution >= 4 is 17.2 Å². The standard InChI is InChI=1S/C12H16N2O2S/c13-12(17)11-5-9(1-3-14-11)6-16-8-10-2-4-15-7-10/h1,3,5,10H,2,4,6-8H2,(H2,13,17). The van der Waals surface area contributed by atoms with Crippen LogP contribution in [0.1, 0.15) is 17.7 Å². The molecule has 2 rings (SSSR count). The second kappa shape index (κ2) is 6.05. The number of pyridine rings is 1. The van der Waals surface area contributed by atoms with Crippen molar-refractivity contribution in [3.8, 4) is 0 Å². The molecule has 0 saturated carbocycles. The second-order valence-corrected chi connectivity index (χ2v) is 4.60. The van der Waals surface area contributed by atoms with E-state index in [0.717, 1.165) is 31.8 Å². The number of nitrogens with zero attached hydrogens (tertiary/aromatic N) is 1. The van der Waals surface area contributed by atoms with E-state index in [1.165, 1.54) is 0 Å². The minimum absolute atomic E-state index is 0.316. The highest BCUT2D eigenvalue weighted by Gasteiger charge is 2.15. The summed E-state index contributed by atoms with van der Waals surface area (Å²) in [7, 11) is 0. The predicted molar refractivity (Wildman–Crippen MR) is 68.7 cm³/mol. The summed E-state index contributed by atoms with van der Waals surface area (Å²) in [6, 6.07) is 3.78. The number of ether oxygens (including phenoxy) is 2. The quantitative estimate of drug-likeness (QED) is 0.800. The molecule has 1 saturated heterocycles. The van der Waals surface area contributed by atoms with Crippen LogP contribution < -0.4 is 5.73 Å². The van der Waals surface area contributed by atoms with E-state index in [1.807, 2.05) is 12.1 Å². The van der Waals surface area contributed by atoms with Crippen molar-refractivity contribution in [3.05, 3.63) is 29.6 Å². The van der Waals surface area contributed by atoms with Crippen LogP contribution in [-0.2, 0) is 16.1 Å². The Morgan fingerprint density at radius 3 is 3.24 bits per heavy atom. The molecule has 1 atom stereocenters. The fourth-order valence-electron chi connectivity index (χ4n) is 1.76. The smallest absolute Gasteiger partial charge is 0.122 e. The van der Waals surface area contributed by atoms with Gasteiger partial charge in [-0.25, -0.2) is 0 Å². The van der Waals surface area contributed by atoms with Crippen molar-refractivity contribution in [1.82, 2.24) is 4.98 Å². The van der Waals surface area contributed by atoms with Gasteiger partial charge in [-0.1, -0.05) is 12.2 Å². The van der Waals surface area contributed by atoms with Gasteiger partial charge in [0.15, 0.2) is 0 Å². The maximum Gasteiger partial charge on any atom is 0.122 e. The molecule has 5 heteroatoms. The zero-order valence-electron chi connectivity index (χ0n) is 9.59. The summed E-state index contributed by atoms with van der Waals surface area (Å²) in [5, 5.41) is 0. The Hall–Kier alpha value is -1.04. The summed E-state index contributed by atoms with van der Waals surface area (Å²) in [4.78, 5) is 4.40. The van der Waals surface area contributed by atoms with E-state index in [-0.39, 0.29) is 0 Å². The second-order valence-electron chi connectivity index (χ2n) is 4.16. The Kier molecular flexibility index (Phi) is 4.42. The molecular formula is C12H16N2O2S. The highest BCUT2D eigenvalue weighted by Crippen LogP contribution is 2.13. The molecule has 0 aliphatic carbocycles. The molecule has 0 radical (unpaired) electrons. The number of nitrogens with two attached hydrogens (primary N) is 1. The van der Waals surface area contributed by atoms with Gasteiger partial charge in [0.25, 0.3) is 0 Å². The largest absolute Gasteiger partial charge is 0.388 e. The van der Waals surface area contributed by atoms with E-state index in [1.54, 1.807) is 6.20 Å². The van der Waals surface area contributed by atoms with Crippen LogP contribution in [0.25, 0.3) is 0 Å². The summed E-state index contributed by atoms with van der Waals surface area (Å²) in [5.74, 6) is 0.534. The lowest BCUT2D eigenvalue weighted by Crippen LogP contribution is -2.12. The molecule has 1 aromatic heterocycles. The van der Waals surface area contributed by atoms with E-state index in [4.69, 9.17) is 27.4 Å². The third kappa shape index (κ3) is 3.73. The number of hydrogen-bond acceptors (Lipinski definition) is 4. The Morgan fingerprint density at radius 2 is 2.53 bits per heavy atom. The first kappa shape index (κ1) is 12.4. The first-order valence-electron chi connectivity index (χ1n) is 5.66. The van der Waals surface area contributed by atoms with Gasteiger partial charge >= 0.3 is 0 Å². The van der Waals surface area contributed by atoms with Crippen LogP contribution in [-0.4, -0.2) is 29.8 Å². The molecule has 1 aliphatic heterocycles. The molecule has 2 N–H and O–H groups in total. The molecule has 1 aromatic rings. The monoisotopic (exact) mass is 252 g/mol. The van der Waals surface area contributed by atoms with Crippen molar-refractivity contribution in [2.75, 3.05) is 19.8 Å². The zero-order chi connectivity index (χ0) is 12.1. The summed E-state index contributed by atoms with van der Waals surface area (Å²) in [6.07, 6.45) is 2.79. The van der Waals surface area contributed by atoms with Gasteiger partial charge in [-0.15, -0.1) is 0 Å². The first-order chi connectivity index (χ1) is 8.25. The van der Waals surface area contributed by atoms with Gasteiger partial charge in [-0.05, 0) is 24.1 Å². The molecule has 17 heavy (non-hydrogen) atoms. The van der Waals surface area contributed by atoms with Crippen LogP contribution in [0.15, 0.2) is 18.3 Å². The van der Waals surface area contributed by atoms with Crippen LogP contribution in [0.2, 0.25) is 0 Å². The van der Waals surface area contributed by atoms with Gasteiger partial charge in [0.2, 0.25) is 0 Å². The Morgan fingerprint density at radius 1 is 1.65 bits per heavy atom. The lowest BCUT2D eigenvalue weighted by molar-refractivity contribution is 0.0791. The Bertz CT molecular complexity index is 392. The lowest BCUT2D eigenvalue weighted by Gasteiger charge is -2.09. The maximum atomic E-state index is 5.65. The summed E-state index contributed by atoms with van der Waals surface area (Å²) in [6.45, 7) is 2.97. The normalized spacial score (nSPS) is 19.4. The number of aromatic nitrogens is 1. The van der Waals surface area contributed by atoms with Gasteiger partial charge in [0, 0.05) is 18.7 Å². The molecule has 2 heterocycles. The van der Waals surface area contributed by atoms with Gasteiger partial charge in [-0.3, -0.25) is 4.98 Å². The van der Waals surface area contributed by atoms with E-state index in [9.17, 15) is 0 Å². The highest BCUT2D eigenvalue weighted by atomic mass is 32.1. The van der Waals surface area contributed by atoms with Crippen LogP contribution in [0.4, 0.5) is 0 Å². The van der Waals surface area contributed by atoms with Crippen molar-refractivity contribution in [1.29, 1.82) is 0 Å². The molecule has 4 nitrogen and oxygen atoms in total. The van der Waals surface area contributed by atoms with Gasteiger partial charge in [0.1, 0.15) is 4.99 Å². The third-order valence-electron chi connectivity index (χ3n) is 2.72. The summed E-state index contributed by atoms with van der Waals surface area (Å²) in [5.41, 5.74) is 7.21. The number of thiocarbonyl (C=S) groups is 1. The Labute approximate surface area is 106 Å². The van der Waals surface area contributed by atoms with Crippen molar-refractivity contribution < 1.29 is 9.47 Å². The fraction of sp³-hybridized carbons (Fsp3) is 0.500. The van der Waals surface area contributed by atoms with Gasteiger partial charge in [0.05, 0.1) is 25.5 Å². The average Bonchev–Trinajstić information content (AvgIpc) is 2.82. The fourth-order valence-corrected chi connectivity index (χ4v) is 1.87. The van der Waals surface area contributed by atoms with E-state index >= 15 is 0 Å². The summed E-state index contributed by atoms with van der Waals surface area (Å²) >= 11 is 4.88. The van der Waals surface area contributed by atoms with E-state index in [0.29, 0.717) is 23.2 Å². The maximum absolute atomic E-state index is 5.65. The Balaban J connectivity index is 1.81. The van der Waals surface area contributed by atoms with Crippen LogP contribution in [0.3, 0.4) is 0 Å². The minimum atomic E-state index is 0.316. The van der Waals surface area contributed by atoms with E-state index in [2.05, 4.69) is 4.98 Å². The van der Waals surface area contributed by atoms with Crippen LogP contribution in [0, 0.1) is 5.92 Å². The van der Waals surface area contributed by atoms with Crippen LogP contribution in [0.5, 0.6) is 0 Å². The highest BCUT2D eigenvalue weighted by molar-refractivity contribution is 7.80. The first-order valence-corrected chi connectivity index (χ1v) is 6.07. The van der Waals surface area contributed by atoms with Crippen molar-refractivity contribution in [2.24, 2.45) is 11.7 Å². The predicted octanol–water partition coefficient (Wildman–Crippen LogP) is 1.27. The average molecular weight is 252 g/mol. The minimum Gasteiger partial charge on any atom is -0.388 e. The SMILES string of the molecule is NC(=S)c1cc(COCC2CCOC2)ccn1. The number of hydrogen-bond donors (Lipinski definition) is 1. The molecule has 1 unspecified atom stereocenters. The van der Waals surface area contributed by atoms with E-state index < -0.39 is 0 Å². The molecule has 92 valence electrons. The van der Waals surface area contributed by atoms with Gasteiger partial charge < -0.3 is 15.2 Å². The molecule has 1 aliphatic rings. The number of rotatable bonds is 5. The molecule has 0 aromatic carbocycles. The summed E-state index contributed by atoms with van der Waals surface area (Å²) < 4.78 is 10.9. The molecular weight excluding hydrogens is 236 g/mol. The lowest BCUT2D eigenvalue weighted by atomic mass is 10.1. The molecule has 0 spiro atoms. The molecule has 0 amide bonds. The molecule has 0 bridgehead atoms. The zero-order valence-corrected chi connectivity index (χ0v) is 10.4.